The van der Waals surface area contributed by atoms with Gasteiger partial charge < -0.3 is 10.2 Å². The molecule has 1 aliphatic rings. The summed E-state index contributed by atoms with van der Waals surface area (Å²) in [5.74, 6) is 0.250. The van der Waals surface area contributed by atoms with Crippen molar-refractivity contribution in [3.63, 3.8) is 0 Å². The molecule has 3 aromatic rings. The van der Waals surface area contributed by atoms with E-state index in [0.717, 1.165) is 38.2 Å². The van der Waals surface area contributed by atoms with Crippen LogP contribution in [0.2, 0.25) is 0 Å². The summed E-state index contributed by atoms with van der Waals surface area (Å²) < 4.78 is 0. The zero-order valence-electron chi connectivity index (χ0n) is 14.9. The molecule has 0 bridgehead atoms. The van der Waals surface area contributed by atoms with E-state index in [9.17, 15) is 4.79 Å². The Morgan fingerprint density at radius 1 is 0.962 bits per heavy atom. The average Bonchev–Trinajstić information content (AvgIpc) is 2.69. The molecule has 1 aliphatic heterocycles. The van der Waals surface area contributed by atoms with Crippen LogP contribution in [0.1, 0.15) is 18.4 Å². The fourth-order valence-corrected chi connectivity index (χ4v) is 4.02. The van der Waals surface area contributed by atoms with Gasteiger partial charge in [-0.1, -0.05) is 60.7 Å². The van der Waals surface area contributed by atoms with Crippen molar-refractivity contribution in [2.75, 3.05) is 18.4 Å². The van der Waals surface area contributed by atoms with Crippen LogP contribution in [0.4, 0.5) is 5.69 Å². The Hall–Kier alpha value is -2.65. The molecular weight excluding hydrogens is 320 g/mol. The molecule has 0 aliphatic carbocycles. The molecule has 1 fully saturated rings. The summed E-state index contributed by atoms with van der Waals surface area (Å²) in [5, 5.41) is 5.70. The number of piperidine rings is 1. The summed E-state index contributed by atoms with van der Waals surface area (Å²) in [6.07, 6.45) is 2.09. The summed E-state index contributed by atoms with van der Waals surface area (Å²) >= 11 is 0. The number of para-hydroxylation sites is 1. The van der Waals surface area contributed by atoms with Crippen molar-refractivity contribution in [2.24, 2.45) is 5.92 Å². The number of quaternary nitrogens is 1. The van der Waals surface area contributed by atoms with Gasteiger partial charge >= 0.3 is 0 Å². The molecule has 3 aromatic carbocycles. The van der Waals surface area contributed by atoms with Crippen molar-refractivity contribution in [3.05, 3.63) is 78.4 Å². The van der Waals surface area contributed by atoms with Crippen molar-refractivity contribution in [1.82, 2.24) is 0 Å². The molecule has 1 amide bonds. The van der Waals surface area contributed by atoms with Gasteiger partial charge in [0.25, 0.3) is 0 Å². The first kappa shape index (κ1) is 16.8. The van der Waals surface area contributed by atoms with E-state index in [4.69, 9.17) is 0 Å². The van der Waals surface area contributed by atoms with Gasteiger partial charge in [-0.2, -0.15) is 0 Å². The lowest BCUT2D eigenvalue weighted by Crippen LogP contribution is -3.12. The molecule has 2 atom stereocenters. The van der Waals surface area contributed by atoms with E-state index in [1.54, 1.807) is 0 Å². The first-order valence-corrected chi connectivity index (χ1v) is 9.46. The minimum Gasteiger partial charge on any atom is -0.331 e. The first-order valence-electron chi connectivity index (χ1n) is 9.46. The standard InChI is InChI=1S/C23H24N2O/c26-23(24-21-12-2-1-3-13-21)20-11-7-15-25(17-20)16-19-10-6-9-18-8-4-5-14-22(18)19/h1-6,8-10,12-14,20H,7,11,15-17H2,(H,24,26)/p+1/t20-/m1/s1. The SMILES string of the molecule is O=C(Nc1ccccc1)[C@@H]1CCC[NH+](Cc2cccc3ccccc23)C1. The van der Waals surface area contributed by atoms with E-state index in [0.29, 0.717) is 0 Å². The van der Waals surface area contributed by atoms with Crippen LogP contribution in [0.25, 0.3) is 10.8 Å². The zero-order valence-corrected chi connectivity index (χ0v) is 14.9. The van der Waals surface area contributed by atoms with Gasteiger partial charge in [0.1, 0.15) is 6.54 Å². The lowest BCUT2D eigenvalue weighted by atomic mass is 9.96. The highest BCUT2D eigenvalue weighted by molar-refractivity contribution is 5.92. The predicted octanol–water partition coefficient (Wildman–Crippen LogP) is 3.27. The second-order valence-electron chi connectivity index (χ2n) is 7.21. The Morgan fingerprint density at radius 3 is 2.62 bits per heavy atom. The van der Waals surface area contributed by atoms with E-state index in [-0.39, 0.29) is 11.8 Å². The third-order valence-electron chi connectivity index (χ3n) is 5.35. The lowest BCUT2D eigenvalue weighted by Gasteiger charge is -2.29. The number of amides is 1. The summed E-state index contributed by atoms with van der Waals surface area (Å²) in [7, 11) is 0. The van der Waals surface area contributed by atoms with Crippen LogP contribution in [-0.4, -0.2) is 19.0 Å². The van der Waals surface area contributed by atoms with Gasteiger partial charge in [-0.25, -0.2) is 0 Å². The number of hydrogen-bond acceptors (Lipinski definition) is 1. The van der Waals surface area contributed by atoms with Crippen molar-refractivity contribution >= 4 is 22.4 Å². The molecule has 26 heavy (non-hydrogen) atoms. The molecule has 4 rings (SSSR count). The second-order valence-corrected chi connectivity index (χ2v) is 7.21. The number of fused-ring (bicyclic) bond motifs is 1. The van der Waals surface area contributed by atoms with Crippen molar-refractivity contribution < 1.29 is 9.69 Å². The van der Waals surface area contributed by atoms with E-state index in [1.807, 2.05) is 30.3 Å². The fraction of sp³-hybridized carbons (Fsp3) is 0.261. The molecule has 0 radical (unpaired) electrons. The Kier molecular flexibility index (Phi) is 4.98. The Labute approximate surface area is 154 Å². The second kappa shape index (κ2) is 7.71. The predicted molar refractivity (Wildman–Crippen MR) is 106 cm³/mol. The van der Waals surface area contributed by atoms with Gasteiger partial charge in [-0.05, 0) is 35.7 Å². The van der Waals surface area contributed by atoms with Crippen LogP contribution in [-0.2, 0) is 11.3 Å². The highest BCUT2D eigenvalue weighted by atomic mass is 16.1. The number of rotatable bonds is 4. The van der Waals surface area contributed by atoms with E-state index >= 15 is 0 Å². The van der Waals surface area contributed by atoms with Crippen molar-refractivity contribution in [2.45, 2.75) is 19.4 Å². The number of likely N-dealkylation sites (tertiary alicyclic amines) is 1. The minimum atomic E-state index is 0.0916. The van der Waals surface area contributed by atoms with Crippen LogP contribution in [0.3, 0.4) is 0 Å². The summed E-state index contributed by atoms with van der Waals surface area (Å²) in [6.45, 7) is 3.02. The molecular formula is C23H25N2O+. The molecule has 3 heteroatoms. The molecule has 1 saturated heterocycles. The molecule has 0 spiro atoms. The van der Waals surface area contributed by atoms with Gasteiger partial charge in [-0.15, -0.1) is 0 Å². The molecule has 1 unspecified atom stereocenters. The third-order valence-corrected chi connectivity index (χ3v) is 5.35. The largest absolute Gasteiger partial charge is 0.331 e. The number of carbonyl (C=O) groups excluding carboxylic acids is 1. The Bertz CT molecular complexity index is 886. The number of nitrogens with one attached hydrogen (secondary N) is 2. The van der Waals surface area contributed by atoms with Crippen molar-refractivity contribution in [1.29, 1.82) is 0 Å². The maximum absolute atomic E-state index is 12.7. The number of carbonyl (C=O) groups is 1. The smallest absolute Gasteiger partial charge is 0.233 e. The van der Waals surface area contributed by atoms with Crippen molar-refractivity contribution in [3.8, 4) is 0 Å². The Morgan fingerprint density at radius 2 is 1.73 bits per heavy atom. The van der Waals surface area contributed by atoms with E-state index < -0.39 is 0 Å². The van der Waals surface area contributed by atoms with Crippen LogP contribution in [0.5, 0.6) is 0 Å². The minimum absolute atomic E-state index is 0.0916. The average molecular weight is 345 g/mol. The van der Waals surface area contributed by atoms with Crippen LogP contribution in [0, 0.1) is 5.92 Å². The summed E-state index contributed by atoms with van der Waals surface area (Å²) in [6, 6.07) is 24.9. The third kappa shape index (κ3) is 3.78. The number of anilines is 1. The fourth-order valence-electron chi connectivity index (χ4n) is 4.02. The topological polar surface area (TPSA) is 33.5 Å². The highest BCUT2D eigenvalue weighted by Crippen LogP contribution is 2.18. The first-order chi connectivity index (χ1) is 12.8. The summed E-state index contributed by atoms with van der Waals surface area (Å²) in [4.78, 5) is 14.2. The molecule has 0 aromatic heterocycles. The van der Waals surface area contributed by atoms with Gasteiger partial charge in [0.2, 0.25) is 5.91 Å². The van der Waals surface area contributed by atoms with E-state index in [1.165, 1.54) is 21.2 Å². The number of hydrogen-bond donors (Lipinski definition) is 2. The Balaban J connectivity index is 1.44. The summed E-state index contributed by atoms with van der Waals surface area (Å²) in [5.41, 5.74) is 2.26. The maximum atomic E-state index is 12.7. The maximum Gasteiger partial charge on any atom is 0.233 e. The zero-order chi connectivity index (χ0) is 17.8. The monoisotopic (exact) mass is 345 g/mol. The van der Waals surface area contributed by atoms with Crippen LogP contribution >= 0.6 is 0 Å². The normalized spacial score (nSPS) is 20.0. The molecule has 132 valence electrons. The van der Waals surface area contributed by atoms with Gasteiger partial charge in [-0.3, -0.25) is 4.79 Å². The molecule has 1 heterocycles. The molecule has 3 nitrogen and oxygen atoms in total. The quantitative estimate of drug-likeness (QED) is 0.748. The molecule has 2 N–H and O–H groups in total. The van der Waals surface area contributed by atoms with Gasteiger partial charge in [0.05, 0.1) is 19.0 Å². The highest BCUT2D eigenvalue weighted by Gasteiger charge is 2.29. The van der Waals surface area contributed by atoms with Gasteiger partial charge in [0.15, 0.2) is 0 Å². The molecule has 0 saturated carbocycles. The van der Waals surface area contributed by atoms with Crippen LogP contribution < -0.4 is 10.2 Å². The lowest BCUT2D eigenvalue weighted by molar-refractivity contribution is -0.920. The van der Waals surface area contributed by atoms with Crippen LogP contribution in [0.15, 0.2) is 72.8 Å². The number of benzene rings is 3. The van der Waals surface area contributed by atoms with Gasteiger partial charge in [0, 0.05) is 11.3 Å². The van der Waals surface area contributed by atoms with E-state index in [2.05, 4.69) is 47.8 Å².